The van der Waals surface area contributed by atoms with Crippen LogP contribution in [0.4, 0.5) is 0 Å². The number of nitrogens with one attached hydrogen (secondary N) is 1. The number of rotatable bonds is 2. The summed E-state index contributed by atoms with van der Waals surface area (Å²) in [4.78, 5) is 7.96. The number of halogens is 1. The van der Waals surface area contributed by atoms with Crippen LogP contribution in [0.15, 0.2) is 18.5 Å². The van der Waals surface area contributed by atoms with E-state index in [0.717, 1.165) is 19.5 Å². The molecule has 72 valence electrons. The topological polar surface area (TPSA) is 47.0 Å². The molecule has 13 heavy (non-hydrogen) atoms. The molecule has 0 amide bonds. The molecule has 0 unspecified atom stereocenters. The van der Waals surface area contributed by atoms with Gasteiger partial charge >= 0.3 is 6.01 Å². The molecule has 1 aliphatic heterocycles. The summed E-state index contributed by atoms with van der Waals surface area (Å²) >= 11 is 0. The Balaban J connectivity index is 0.000000845. The highest BCUT2D eigenvalue weighted by atomic mass is 35.5. The minimum absolute atomic E-state index is 0. The third-order valence-electron chi connectivity index (χ3n) is 1.83. The second-order valence-electron chi connectivity index (χ2n) is 2.76. The highest BCUT2D eigenvalue weighted by molar-refractivity contribution is 5.85. The van der Waals surface area contributed by atoms with Crippen LogP contribution in [0.5, 0.6) is 6.01 Å². The SMILES string of the molecule is Cl.c1cnc(O[C@@H]2CCNC2)nc1. The molecule has 0 spiro atoms. The van der Waals surface area contributed by atoms with Crippen molar-refractivity contribution in [3.8, 4) is 6.01 Å². The Hall–Kier alpha value is -0.870. The van der Waals surface area contributed by atoms with E-state index in [1.54, 1.807) is 18.5 Å². The summed E-state index contributed by atoms with van der Waals surface area (Å²) in [6.07, 6.45) is 4.65. The predicted octanol–water partition coefficient (Wildman–Crippen LogP) is 0.639. The fourth-order valence-electron chi connectivity index (χ4n) is 1.22. The van der Waals surface area contributed by atoms with E-state index in [9.17, 15) is 0 Å². The third kappa shape index (κ3) is 2.82. The van der Waals surface area contributed by atoms with Gasteiger partial charge in [-0.05, 0) is 19.0 Å². The van der Waals surface area contributed by atoms with Gasteiger partial charge in [-0.1, -0.05) is 0 Å². The molecular formula is C8H12ClN3O. The van der Waals surface area contributed by atoms with Gasteiger partial charge in [-0.15, -0.1) is 12.4 Å². The van der Waals surface area contributed by atoms with Crippen LogP contribution < -0.4 is 10.1 Å². The van der Waals surface area contributed by atoms with E-state index in [4.69, 9.17) is 4.74 Å². The lowest BCUT2D eigenvalue weighted by atomic mass is 10.3. The van der Waals surface area contributed by atoms with Gasteiger partial charge < -0.3 is 10.1 Å². The van der Waals surface area contributed by atoms with Crippen molar-refractivity contribution in [2.45, 2.75) is 12.5 Å². The molecule has 1 atom stereocenters. The van der Waals surface area contributed by atoms with Gasteiger partial charge in [-0.25, -0.2) is 9.97 Å². The largest absolute Gasteiger partial charge is 0.459 e. The van der Waals surface area contributed by atoms with Crippen LogP contribution in [0, 0.1) is 0 Å². The molecule has 1 aromatic heterocycles. The van der Waals surface area contributed by atoms with Crippen molar-refractivity contribution in [3.05, 3.63) is 18.5 Å². The van der Waals surface area contributed by atoms with E-state index >= 15 is 0 Å². The Kier molecular flexibility index (Phi) is 3.92. The maximum atomic E-state index is 5.49. The number of nitrogens with zero attached hydrogens (tertiary/aromatic N) is 2. The summed E-state index contributed by atoms with van der Waals surface area (Å²) in [5.74, 6) is 0. The Morgan fingerprint density at radius 1 is 1.38 bits per heavy atom. The molecule has 1 N–H and O–H groups in total. The summed E-state index contributed by atoms with van der Waals surface area (Å²) in [6.45, 7) is 1.93. The average Bonchev–Trinajstić information content (AvgIpc) is 2.59. The second-order valence-corrected chi connectivity index (χ2v) is 2.76. The minimum Gasteiger partial charge on any atom is -0.459 e. The predicted molar refractivity (Wildman–Crippen MR) is 51.2 cm³/mol. The van der Waals surface area contributed by atoms with E-state index in [-0.39, 0.29) is 18.5 Å². The molecule has 5 heteroatoms. The summed E-state index contributed by atoms with van der Waals surface area (Å²) in [5.41, 5.74) is 0. The number of aromatic nitrogens is 2. The first kappa shape index (κ1) is 10.2. The maximum Gasteiger partial charge on any atom is 0.316 e. The molecule has 0 bridgehead atoms. The van der Waals surface area contributed by atoms with Crippen LogP contribution in [0.3, 0.4) is 0 Å². The molecule has 4 nitrogen and oxygen atoms in total. The number of ether oxygens (including phenoxy) is 1. The van der Waals surface area contributed by atoms with Crippen molar-refractivity contribution in [2.75, 3.05) is 13.1 Å². The lowest BCUT2D eigenvalue weighted by Crippen LogP contribution is -2.20. The van der Waals surface area contributed by atoms with E-state index in [0.29, 0.717) is 6.01 Å². The van der Waals surface area contributed by atoms with Crippen LogP contribution in [0.2, 0.25) is 0 Å². The van der Waals surface area contributed by atoms with Crippen LogP contribution in [-0.2, 0) is 0 Å². The minimum atomic E-state index is 0. The molecule has 0 aromatic carbocycles. The average molecular weight is 202 g/mol. The highest BCUT2D eigenvalue weighted by Gasteiger charge is 2.16. The zero-order chi connectivity index (χ0) is 8.23. The molecule has 1 saturated heterocycles. The van der Waals surface area contributed by atoms with Gasteiger partial charge in [0, 0.05) is 18.9 Å². The van der Waals surface area contributed by atoms with Crippen molar-refractivity contribution in [3.63, 3.8) is 0 Å². The van der Waals surface area contributed by atoms with Gasteiger partial charge in [0.1, 0.15) is 6.10 Å². The zero-order valence-corrected chi connectivity index (χ0v) is 7.96. The first-order valence-electron chi connectivity index (χ1n) is 4.09. The fraction of sp³-hybridized carbons (Fsp3) is 0.500. The van der Waals surface area contributed by atoms with E-state index < -0.39 is 0 Å². The Morgan fingerprint density at radius 2 is 2.15 bits per heavy atom. The van der Waals surface area contributed by atoms with Gasteiger partial charge in [0.2, 0.25) is 0 Å². The van der Waals surface area contributed by atoms with Crippen molar-refractivity contribution in [1.82, 2.24) is 15.3 Å². The van der Waals surface area contributed by atoms with Crippen LogP contribution in [-0.4, -0.2) is 29.2 Å². The zero-order valence-electron chi connectivity index (χ0n) is 7.14. The van der Waals surface area contributed by atoms with E-state index in [1.807, 2.05) is 0 Å². The normalized spacial score (nSPS) is 20.8. The molecule has 1 fully saturated rings. The van der Waals surface area contributed by atoms with Crippen LogP contribution in [0.25, 0.3) is 0 Å². The molecule has 0 saturated carbocycles. The quantitative estimate of drug-likeness (QED) is 0.763. The fourth-order valence-corrected chi connectivity index (χ4v) is 1.22. The highest BCUT2D eigenvalue weighted by Crippen LogP contribution is 2.07. The van der Waals surface area contributed by atoms with Gasteiger partial charge in [-0.2, -0.15) is 0 Å². The number of hydrogen-bond donors (Lipinski definition) is 1. The van der Waals surface area contributed by atoms with Gasteiger partial charge in [0.25, 0.3) is 0 Å². The molecule has 2 heterocycles. The molecule has 1 aromatic rings. The summed E-state index contributed by atoms with van der Waals surface area (Å²) < 4.78 is 5.49. The lowest BCUT2D eigenvalue weighted by molar-refractivity contribution is 0.204. The standard InChI is InChI=1S/C8H11N3O.ClH/c1-3-10-8(11-4-1)12-7-2-5-9-6-7;/h1,3-4,7,9H,2,5-6H2;1H/t7-;/m1./s1. The van der Waals surface area contributed by atoms with Crippen molar-refractivity contribution < 1.29 is 4.74 Å². The van der Waals surface area contributed by atoms with Crippen molar-refractivity contribution >= 4 is 12.4 Å². The monoisotopic (exact) mass is 201 g/mol. The first-order chi connectivity index (χ1) is 5.95. The van der Waals surface area contributed by atoms with Gasteiger partial charge in [0.15, 0.2) is 0 Å². The van der Waals surface area contributed by atoms with Gasteiger partial charge in [-0.3, -0.25) is 0 Å². The second kappa shape index (κ2) is 4.99. The summed E-state index contributed by atoms with van der Waals surface area (Å²) in [6, 6.07) is 2.26. The Morgan fingerprint density at radius 3 is 2.77 bits per heavy atom. The van der Waals surface area contributed by atoms with Crippen molar-refractivity contribution in [2.24, 2.45) is 0 Å². The molecule has 2 rings (SSSR count). The first-order valence-corrected chi connectivity index (χ1v) is 4.09. The Labute approximate surface area is 83.1 Å². The van der Waals surface area contributed by atoms with Gasteiger partial charge in [0.05, 0.1) is 0 Å². The molecule has 0 radical (unpaired) electrons. The Bertz CT molecular complexity index is 238. The van der Waals surface area contributed by atoms with E-state index in [1.165, 1.54) is 0 Å². The molecular weight excluding hydrogens is 190 g/mol. The third-order valence-corrected chi connectivity index (χ3v) is 1.83. The summed E-state index contributed by atoms with van der Waals surface area (Å²) in [5, 5.41) is 3.21. The van der Waals surface area contributed by atoms with Crippen LogP contribution >= 0.6 is 12.4 Å². The summed E-state index contributed by atoms with van der Waals surface area (Å²) in [7, 11) is 0. The van der Waals surface area contributed by atoms with Crippen molar-refractivity contribution in [1.29, 1.82) is 0 Å². The van der Waals surface area contributed by atoms with Crippen LogP contribution in [0.1, 0.15) is 6.42 Å². The smallest absolute Gasteiger partial charge is 0.316 e. The maximum absolute atomic E-state index is 5.49. The molecule has 1 aliphatic rings. The molecule has 0 aliphatic carbocycles. The lowest BCUT2D eigenvalue weighted by Gasteiger charge is -2.08. The van der Waals surface area contributed by atoms with E-state index in [2.05, 4.69) is 15.3 Å². The number of hydrogen-bond acceptors (Lipinski definition) is 4.